The Hall–Kier alpha value is -0.720. The average molecular weight is 272 g/mol. The van der Waals surface area contributed by atoms with Gasteiger partial charge in [-0.3, -0.25) is 14.6 Å². The molecular weight excluding hydrogens is 248 g/mol. The first-order valence-corrected chi connectivity index (χ1v) is 6.86. The first-order valence-electron chi connectivity index (χ1n) is 6.45. The molecule has 0 radical (unpaired) electrons. The molecule has 0 saturated carbocycles. The number of hydrogen-bond acceptors (Lipinski definition) is 4. The van der Waals surface area contributed by atoms with Crippen molar-refractivity contribution < 1.29 is 4.79 Å². The first-order chi connectivity index (χ1) is 8.45. The van der Waals surface area contributed by atoms with Crippen LogP contribution in [0.15, 0.2) is 0 Å². The SMILES string of the molecule is CCN(C)C(=O)CN1CCN(C(C)C(N)=S)CC1. The summed E-state index contributed by atoms with van der Waals surface area (Å²) in [5, 5.41) is 0. The highest BCUT2D eigenvalue weighted by Crippen LogP contribution is 2.06. The smallest absolute Gasteiger partial charge is 0.236 e. The second-order valence-electron chi connectivity index (χ2n) is 4.80. The van der Waals surface area contributed by atoms with Crippen LogP contribution >= 0.6 is 12.2 Å². The van der Waals surface area contributed by atoms with Gasteiger partial charge in [0.1, 0.15) is 0 Å². The Morgan fingerprint density at radius 1 is 1.39 bits per heavy atom. The zero-order chi connectivity index (χ0) is 13.7. The molecule has 5 nitrogen and oxygen atoms in total. The molecule has 1 unspecified atom stereocenters. The lowest BCUT2D eigenvalue weighted by Crippen LogP contribution is -2.54. The number of carbonyl (C=O) groups excluding carboxylic acids is 1. The largest absolute Gasteiger partial charge is 0.392 e. The van der Waals surface area contributed by atoms with Crippen LogP contribution in [0.4, 0.5) is 0 Å². The molecule has 0 aromatic rings. The molecule has 1 rings (SSSR count). The van der Waals surface area contributed by atoms with Gasteiger partial charge in [-0.15, -0.1) is 0 Å². The van der Waals surface area contributed by atoms with Gasteiger partial charge in [0.05, 0.1) is 17.6 Å². The predicted molar refractivity (Wildman–Crippen MR) is 77.6 cm³/mol. The van der Waals surface area contributed by atoms with Crippen LogP contribution in [0.2, 0.25) is 0 Å². The van der Waals surface area contributed by atoms with Crippen LogP contribution in [0.5, 0.6) is 0 Å². The van der Waals surface area contributed by atoms with E-state index in [0.29, 0.717) is 11.5 Å². The van der Waals surface area contributed by atoms with Gasteiger partial charge in [-0.25, -0.2) is 0 Å². The third-order valence-electron chi connectivity index (χ3n) is 3.63. The van der Waals surface area contributed by atoms with Crippen molar-refractivity contribution in [1.82, 2.24) is 14.7 Å². The van der Waals surface area contributed by atoms with E-state index in [-0.39, 0.29) is 11.9 Å². The molecular formula is C12H24N4OS. The number of hydrogen-bond donors (Lipinski definition) is 1. The fraction of sp³-hybridized carbons (Fsp3) is 0.833. The summed E-state index contributed by atoms with van der Waals surface area (Å²) in [4.78, 5) is 18.6. The van der Waals surface area contributed by atoms with Crippen molar-refractivity contribution >= 4 is 23.1 Å². The highest BCUT2D eigenvalue weighted by atomic mass is 32.1. The molecule has 0 aromatic carbocycles. The van der Waals surface area contributed by atoms with Gasteiger partial charge in [0, 0.05) is 39.8 Å². The van der Waals surface area contributed by atoms with E-state index < -0.39 is 0 Å². The number of rotatable bonds is 5. The maximum Gasteiger partial charge on any atom is 0.236 e. The molecule has 1 amide bonds. The van der Waals surface area contributed by atoms with Crippen LogP contribution in [0.25, 0.3) is 0 Å². The molecule has 1 aliphatic rings. The third-order valence-corrected chi connectivity index (χ3v) is 3.97. The number of piperazine rings is 1. The number of nitrogens with two attached hydrogens (primary N) is 1. The summed E-state index contributed by atoms with van der Waals surface area (Å²) in [7, 11) is 1.84. The van der Waals surface area contributed by atoms with E-state index in [9.17, 15) is 4.79 Å². The third kappa shape index (κ3) is 4.19. The molecule has 1 aliphatic heterocycles. The lowest BCUT2D eigenvalue weighted by atomic mass is 10.2. The summed E-state index contributed by atoms with van der Waals surface area (Å²) in [5.74, 6) is 0.188. The molecule has 6 heteroatoms. The molecule has 1 atom stereocenters. The Morgan fingerprint density at radius 2 is 1.94 bits per heavy atom. The molecule has 104 valence electrons. The Kier molecular flexibility index (Phi) is 5.98. The Morgan fingerprint density at radius 3 is 2.39 bits per heavy atom. The minimum Gasteiger partial charge on any atom is -0.392 e. The molecule has 0 spiro atoms. The van der Waals surface area contributed by atoms with E-state index in [4.69, 9.17) is 18.0 Å². The van der Waals surface area contributed by atoms with Crippen LogP contribution in [0.1, 0.15) is 13.8 Å². The molecule has 0 bridgehead atoms. The van der Waals surface area contributed by atoms with Crippen molar-refractivity contribution in [3.05, 3.63) is 0 Å². The van der Waals surface area contributed by atoms with Gasteiger partial charge in [0.2, 0.25) is 5.91 Å². The lowest BCUT2D eigenvalue weighted by Gasteiger charge is -2.37. The van der Waals surface area contributed by atoms with Crippen LogP contribution in [-0.4, -0.2) is 78.0 Å². The molecule has 1 fully saturated rings. The van der Waals surface area contributed by atoms with Crippen molar-refractivity contribution in [3.63, 3.8) is 0 Å². The zero-order valence-corrected chi connectivity index (χ0v) is 12.4. The summed E-state index contributed by atoms with van der Waals surface area (Å²) in [5.41, 5.74) is 5.66. The van der Waals surface area contributed by atoms with E-state index in [0.717, 1.165) is 32.7 Å². The molecule has 1 saturated heterocycles. The van der Waals surface area contributed by atoms with Crippen molar-refractivity contribution in [2.75, 3.05) is 46.3 Å². The number of amides is 1. The van der Waals surface area contributed by atoms with Gasteiger partial charge in [0.15, 0.2) is 0 Å². The zero-order valence-electron chi connectivity index (χ0n) is 11.6. The number of carbonyl (C=O) groups is 1. The van der Waals surface area contributed by atoms with Gasteiger partial charge >= 0.3 is 0 Å². The highest BCUT2D eigenvalue weighted by molar-refractivity contribution is 7.80. The monoisotopic (exact) mass is 272 g/mol. The van der Waals surface area contributed by atoms with Gasteiger partial charge in [-0.1, -0.05) is 12.2 Å². The van der Waals surface area contributed by atoms with Crippen LogP contribution in [-0.2, 0) is 4.79 Å². The lowest BCUT2D eigenvalue weighted by molar-refractivity contribution is -0.131. The van der Waals surface area contributed by atoms with Gasteiger partial charge < -0.3 is 10.6 Å². The van der Waals surface area contributed by atoms with E-state index >= 15 is 0 Å². The second kappa shape index (κ2) is 7.01. The van der Waals surface area contributed by atoms with E-state index in [1.165, 1.54) is 0 Å². The summed E-state index contributed by atoms with van der Waals surface area (Å²) < 4.78 is 0. The summed E-state index contributed by atoms with van der Waals surface area (Å²) in [6, 6.07) is 0.149. The normalized spacial score (nSPS) is 19.5. The van der Waals surface area contributed by atoms with Gasteiger partial charge in [-0.2, -0.15) is 0 Å². The summed E-state index contributed by atoms with van der Waals surface area (Å²) >= 11 is 5.01. The van der Waals surface area contributed by atoms with E-state index in [1.807, 2.05) is 20.9 Å². The molecule has 0 aromatic heterocycles. The minimum atomic E-state index is 0.149. The standard InChI is InChI=1S/C12H24N4OS/c1-4-14(3)11(17)9-15-5-7-16(8-6-15)10(2)12(13)18/h10H,4-9H2,1-3H3,(H2,13,18). The minimum absolute atomic E-state index is 0.149. The molecule has 0 aliphatic carbocycles. The van der Waals surface area contributed by atoms with Crippen LogP contribution in [0, 0.1) is 0 Å². The maximum absolute atomic E-state index is 11.8. The van der Waals surface area contributed by atoms with E-state index in [1.54, 1.807) is 4.90 Å². The molecule has 1 heterocycles. The average Bonchev–Trinajstić information content (AvgIpc) is 2.37. The maximum atomic E-state index is 11.8. The van der Waals surface area contributed by atoms with Crippen molar-refractivity contribution in [3.8, 4) is 0 Å². The van der Waals surface area contributed by atoms with Crippen molar-refractivity contribution in [2.45, 2.75) is 19.9 Å². The summed E-state index contributed by atoms with van der Waals surface area (Å²) in [6.07, 6.45) is 0. The van der Waals surface area contributed by atoms with Gasteiger partial charge in [0.25, 0.3) is 0 Å². The number of likely N-dealkylation sites (N-methyl/N-ethyl adjacent to an activating group) is 1. The highest BCUT2D eigenvalue weighted by Gasteiger charge is 2.23. The topological polar surface area (TPSA) is 52.8 Å². The van der Waals surface area contributed by atoms with Crippen LogP contribution < -0.4 is 5.73 Å². The second-order valence-corrected chi connectivity index (χ2v) is 5.27. The number of nitrogens with zero attached hydrogens (tertiary/aromatic N) is 3. The Labute approximate surface area is 115 Å². The Bertz CT molecular complexity index is 302. The molecule has 18 heavy (non-hydrogen) atoms. The predicted octanol–water partition coefficient (Wildman–Crippen LogP) is -0.243. The fourth-order valence-corrected chi connectivity index (χ4v) is 2.13. The number of thiocarbonyl (C=S) groups is 1. The fourth-order valence-electron chi connectivity index (χ4n) is 1.98. The van der Waals surface area contributed by atoms with Crippen molar-refractivity contribution in [1.29, 1.82) is 0 Å². The molecule has 2 N–H and O–H groups in total. The Balaban J connectivity index is 2.36. The quantitative estimate of drug-likeness (QED) is 0.700. The van der Waals surface area contributed by atoms with E-state index in [2.05, 4.69) is 9.80 Å². The van der Waals surface area contributed by atoms with Crippen molar-refractivity contribution in [2.24, 2.45) is 5.73 Å². The summed E-state index contributed by atoms with van der Waals surface area (Å²) in [6.45, 7) is 8.93. The first kappa shape index (κ1) is 15.3. The van der Waals surface area contributed by atoms with Crippen LogP contribution in [0.3, 0.4) is 0 Å². The van der Waals surface area contributed by atoms with Gasteiger partial charge in [-0.05, 0) is 13.8 Å².